The molecule has 8 heteroatoms. The number of sulfonamides is 1. The van der Waals surface area contributed by atoms with Gasteiger partial charge in [-0.25, -0.2) is 17.1 Å². The number of carbonyl (C=O) groups is 1. The number of unbranched alkanes of at least 4 members (excludes halogenated alkanes) is 1. The topological polar surface area (TPSA) is 78.5 Å². The van der Waals surface area contributed by atoms with Crippen molar-refractivity contribution in [3.8, 4) is 0 Å². The minimum absolute atomic E-state index is 0.0726. The molecule has 0 fully saturated rings. The van der Waals surface area contributed by atoms with Crippen LogP contribution in [0.3, 0.4) is 0 Å². The second-order valence-electron chi connectivity index (χ2n) is 6.09. The van der Waals surface area contributed by atoms with Crippen molar-refractivity contribution in [1.82, 2.24) is 4.31 Å². The van der Waals surface area contributed by atoms with Crippen LogP contribution in [0.5, 0.6) is 0 Å². The summed E-state index contributed by atoms with van der Waals surface area (Å²) < 4.78 is 39.8. The van der Waals surface area contributed by atoms with Gasteiger partial charge in [-0.1, -0.05) is 25.5 Å². The van der Waals surface area contributed by atoms with Gasteiger partial charge in [-0.05, 0) is 42.8 Å². The van der Waals surface area contributed by atoms with E-state index in [1.807, 2.05) is 6.92 Å². The quantitative estimate of drug-likeness (QED) is 0.685. The molecule has 0 aromatic heterocycles. The summed E-state index contributed by atoms with van der Waals surface area (Å²) in [5.41, 5.74) is 0.703. The highest BCUT2D eigenvalue weighted by molar-refractivity contribution is 7.89. The van der Waals surface area contributed by atoms with Gasteiger partial charge in [-0.15, -0.1) is 0 Å². The highest BCUT2D eigenvalue weighted by Gasteiger charge is 2.19. The Labute approximate surface area is 159 Å². The summed E-state index contributed by atoms with van der Waals surface area (Å²) in [6.45, 7) is 2.40. The number of carbonyl (C=O) groups excluding carboxylic acids is 1. The molecular weight excluding hydrogens is 369 g/mol. The molecule has 0 aliphatic heterocycles. The Balaban J connectivity index is 1.93. The summed E-state index contributed by atoms with van der Waals surface area (Å²) in [5.74, 6) is -0.913. The molecule has 0 aliphatic carbocycles. The number of hydrogen-bond acceptors (Lipinski definition) is 4. The van der Waals surface area contributed by atoms with Gasteiger partial charge in [0.25, 0.3) is 0 Å². The molecule has 2 aromatic rings. The highest BCUT2D eigenvalue weighted by Crippen LogP contribution is 2.18. The van der Waals surface area contributed by atoms with Crippen LogP contribution in [-0.4, -0.2) is 38.8 Å². The summed E-state index contributed by atoms with van der Waals surface area (Å²) in [6, 6.07) is 12.1. The van der Waals surface area contributed by atoms with Crippen molar-refractivity contribution in [2.24, 2.45) is 0 Å². The van der Waals surface area contributed by atoms with Gasteiger partial charge in [-0.3, -0.25) is 4.79 Å². The standard InChI is InChI=1S/C19H24FN3O3S/c1-3-4-13-23(2)27(25,26)16-11-9-15(10-12-16)21-14-19(24)22-18-8-6-5-7-17(18)20/h5-12,21H,3-4,13-14H2,1-2H3,(H,22,24). The van der Waals surface area contributed by atoms with Crippen LogP contribution in [-0.2, 0) is 14.8 Å². The van der Waals surface area contributed by atoms with Crippen LogP contribution in [0, 0.1) is 5.82 Å². The Morgan fingerprint density at radius 3 is 2.41 bits per heavy atom. The fourth-order valence-corrected chi connectivity index (χ4v) is 3.57. The van der Waals surface area contributed by atoms with Crippen LogP contribution < -0.4 is 10.6 Å². The van der Waals surface area contributed by atoms with Crippen LogP contribution >= 0.6 is 0 Å². The zero-order chi connectivity index (χ0) is 19.9. The fraction of sp³-hybridized carbons (Fsp3) is 0.316. The number of benzene rings is 2. The summed E-state index contributed by atoms with van der Waals surface area (Å²) in [6.07, 6.45) is 1.71. The number of para-hydroxylation sites is 1. The third-order valence-corrected chi connectivity index (χ3v) is 5.86. The number of halogens is 1. The van der Waals surface area contributed by atoms with E-state index < -0.39 is 21.7 Å². The second-order valence-corrected chi connectivity index (χ2v) is 8.13. The molecule has 1 amide bonds. The number of nitrogens with one attached hydrogen (secondary N) is 2. The van der Waals surface area contributed by atoms with Crippen LogP contribution in [0.25, 0.3) is 0 Å². The lowest BCUT2D eigenvalue weighted by atomic mass is 10.3. The lowest BCUT2D eigenvalue weighted by Crippen LogP contribution is -2.28. The predicted molar refractivity (Wildman–Crippen MR) is 105 cm³/mol. The van der Waals surface area contributed by atoms with Crippen molar-refractivity contribution < 1.29 is 17.6 Å². The van der Waals surface area contributed by atoms with Crippen molar-refractivity contribution in [3.05, 3.63) is 54.3 Å². The first kappa shape index (κ1) is 20.9. The van der Waals surface area contributed by atoms with Crippen LogP contribution in [0.1, 0.15) is 19.8 Å². The Hall–Kier alpha value is -2.45. The van der Waals surface area contributed by atoms with Gasteiger partial charge in [0, 0.05) is 19.3 Å². The van der Waals surface area contributed by atoms with Crippen LogP contribution in [0.15, 0.2) is 53.4 Å². The summed E-state index contributed by atoms with van der Waals surface area (Å²) in [7, 11) is -1.96. The van der Waals surface area contributed by atoms with Gasteiger partial charge < -0.3 is 10.6 Å². The van der Waals surface area contributed by atoms with E-state index in [0.29, 0.717) is 12.2 Å². The molecule has 146 valence electrons. The maximum absolute atomic E-state index is 13.5. The Kier molecular flexibility index (Phi) is 7.32. The lowest BCUT2D eigenvalue weighted by molar-refractivity contribution is -0.114. The van der Waals surface area contributed by atoms with E-state index in [2.05, 4.69) is 10.6 Å². The second kappa shape index (κ2) is 9.48. The van der Waals surface area contributed by atoms with E-state index in [4.69, 9.17) is 0 Å². The largest absolute Gasteiger partial charge is 0.376 e. The molecule has 27 heavy (non-hydrogen) atoms. The first-order valence-electron chi connectivity index (χ1n) is 8.69. The minimum Gasteiger partial charge on any atom is -0.376 e. The normalized spacial score (nSPS) is 11.4. The minimum atomic E-state index is -3.52. The number of hydrogen-bond donors (Lipinski definition) is 2. The number of nitrogens with zero attached hydrogens (tertiary/aromatic N) is 1. The maximum Gasteiger partial charge on any atom is 0.243 e. The van der Waals surface area contributed by atoms with Crippen LogP contribution in [0.4, 0.5) is 15.8 Å². The van der Waals surface area contributed by atoms with E-state index >= 15 is 0 Å². The van der Waals surface area contributed by atoms with Gasteiger partial charge in [0.1, 0.15) is 5.82 Å². The molecule has 2 aromatic carbocycles. The van der Waals surface area contributed by atoms with Crippen molar-refractivity contribution in [1.29, 1.82) is 0 Å². The highest BCUT2D eigenvalue weighted by atomic mass is 32.2. The Morgan fingerprint density at radius 1 is 1.11 bits per heavy atom. The van der Waals surface area contributed by atoms with E-state index in [0.717, 1.165) is 12.8 Å². The SMILES string of the molecule is CCCCN(C)S(=O)(=O)c1ccc(NCC(=O)Nc2ccccc2F)cc1. The van der Waals surface area contributed by atoms with Crippen molar-refractivity contribution in [3.63, 3.8) is 0 Å². The Bertz CT molecular complexity index is 870. The van der Waals surface area contributed by atoms with Crippen molar-refractivity contribution in [2.75, 3.05) is 30.8 Å². The molecular formula is C19H24FN3O3S. The predicted octanol–water partition coefficient (Wildman–Crippen LogP) is 3.30. The molecule has 0 unspecified atom stereocenters. The summed E-state index contributed by atoms with van der Waals surface area (Å²) in [5, 5.41) is 5.35. The lowest BCUT2D eigenvalue weighted by Gasteiger charge is -2.17. The molecule has 0 saturated carbocycles. The van der Waals surface area contributed by atoms with E-state index in [1.165, 1.54) is 28.6 Å². The van der Waals surface area contributed by atoms with E-state index in [9.17, 15) is 17.6 Å². The van der Waals surface area contributed by atoms with Crippen molar-refractivity contribution in [2.45, 2.75) is 24.7 Å². The average Bonchev–Trinajstić information content (AvgIpc) is 2.66. The molecule has 0 heterocycles. The van der Waals surface area contributed by atoms with Gasteiger partial charge in [0.05, 0.1) is 17.1 Å². The molecule has 2 rings (SSSR count). The molecule has 0 bridgehead atoms. The van der Waals surface area contributed by atoms with Gasteiger partial charge in [-0.2, -0.15) is 0 Å². The smallest absolute Gasteiger partial charge is 0.243 e. The molecule has 0 atom stereocenters. The third-order valence-electron chi connectivity index (χ3n) is 3.99. The van der Waals surface area contributed by atoms with Gasteiger partial charge >= 0.3 is 0 Å². The first-order chi connectivity index (χ1) is 12.8. The number of anilines is 2. The molecule has 0 spiro atoms. The number of amides is 1. The number of rotatable bonds is 9. The molecule has 0 saturated heterocycles. The summed E-state index contributed by atoms with van der Waals surface area (Å²) >= 11 is 0. The molecule has 2 N–H and O–H groups in total. The Morgan fingerprint density at radius 2 is 1.78 bits per heavy atom. The zero-order valence-electron chi connectivity index (χ0n) is 15.4. The molecule has 0 radical (unpaired) electrons. The summed E-state index contributed by atoms with van der Waals surface area (Å²) in [4.78, 5) is 12.1. The monoisotopic (exact) mass is 393 g/mol. The fourth-order valence-electron chi connectivity index (χ4n) is 2.36. The van der Waals surface area contributed by atoms with Crippen molar-refractivity contribution >= 4 is 27.3 Å². The zero-order valence-corrected chi connectivity index (χ0v) is 16.2. The van der Waals surface area contributed by atoms with E-state index in [-0.39, 0.29) is 17.1 Å². The molecule has 6 nitrogen and oxygen atoms in total. The first-order valence-corrected chi connectivity index (χ1v) is 10.1. The van der Waals surface area contributed by atoms with Gasteiger partial charge in [0.2, 0.25) is 15.9 Å². The van der Waals surface area contributed by atoms with E-state index in [1.54, 1.807) is 31.3 Å². The molecule has 0 aliphatic rings. The third kappa shape index (κ3) is 5.77. The average molecular weight is 393 g/mol. The van der Waals surface area contributed by atoms with Crippen LogP contribution in [0.2, 0.25) is 0 Å². The van der Waals surface area contributed by atoms with Gasteiger partial charge in [0.15, 0.2) is 0 Å². The maximum atomic E-state index is 13.5.